The van der Waals surface area contributed by atoms with Crippen molar-refractivity contribution in [1.82, 2.24) is 14.4 Å². The molecule has 2 aliphatic heterocycles. The molecule has 1 aromatic heterocycles. The van der Waals surface area contributed by atoms with Crippen molar-refractivity contribution < 1.29 is 17.9 Å². The summed E-state index contributed by atoms with van der Waals surface area (Å²) in [7, 11) is -1.72. The molecular formula is C24H36N4O4S. The Morgan fingerprint density at radius 1 is 1.18 bits per heavy atom. The Hall–Kier alpha value is -2.10. The highest BCUT2D eigenvalue weighted by molar-refractivity contribution is 7.92. The van der Waals surface area contributed by atoms with Gasteiger partial charge in [0.05, 0.1) is 24.1 Å². The van der Waals surface area contributed by atoms with Crippen molar-refractivity contribution in [2.24, 2.45) is 5.92 Å². The number of hydrogen-bond acceptors (Lipinski definition) is 5. The van der Waals surface area contributed by atoms with Gasteiger partial charge in [0.1, 0.15) is 6.54 Å². The number of anilines is 1. The Morgan fingerprint density at radius 2 is 2.00 bits per heavy atom. The molecule has 3 heterocycles. The van der Waals surface area contributed by atoms with Crippen LogP contribution in [0.1, 0.15) is 32.1 Å². The lowest BCUT2D eigenvalue weighted by molar-refractivity contribution is -0.133. The predicted octanol–water partition coefficient (Wildman–Crippen LogP) is 2.75. The molecule has 0 radical (unpaired) electrons. The lowest BCUT2D eigenvalue weighted by Crippen LogP contribution is -2.52. The van der Waals surface area contributed by atoms with Gasteiger partial charge in [0.2, 0.25) is 15.9 Å². The van der Waals surface area contributed by atoms with Gasteiger partial charge in [-0.2, -0.15) is 0 Å². The second kappa shape index (κ2) is 10.4. The van der Waals surface area contributed by atoms with Gasteiger partial charge in [0.25, 0.3) is 0 Å². The van der Waals surface area contributed by atoms with Gasteiger partial charge < -0.3 is 19.1 Å². The average molecular weight is 477 g/mol. The van der Waals surface area contributed by atoms with E-state index in [2.05, 4.69) is 9.62 Å². The standard InChI is InChI=1S/C24H36N4O4S/c1-32-16-15-28(17-19-7-6-13-26-12-4-3-9-22(19)26)24(29)18-27-14-11-20-21(25-33(2,30)31)8-5-10-23(20)27/h5,8,10-11,14,19,22,25H,3-4,6-7,9,12-13,15-18H2,1-2H3. The molecule has 8 nitrogen and oxygen atoms in total. The first kappa shape index (κ1) is 24.0. The van der Waals surface area contributed by atoms with Crippen LogP contribution in [-0.4, -0.2) is 80.9 Å². The first-order valence-corrected chi connectivity index (χ1v) is 13.8. The number of nitrogens with one attached hydrogen (secondary N) is 1. The van der Waals surface area contributed by atoms with E-state index >= 15 is 0 Å². The van der Waals surface area contributed by atoms with Crippen molar-refractivity contribution in [3.05, 3.63) is 30.5 Å². The largest absolute Gasteiger partial charge is 0.383 e. The molecule has 2 fully saturated rings. The first-order valence-electron chi connectivity index (χ1n) is 11.9. The fourth-order valence-electron chi connectivity index (χ4n) is 5.49. The molecule has 0 bridgehead atoms. The van der Waals surface area contributed by atoms with Crippen LogP contribution < -0.4 is 4.72 Å². The van der Waals surface area contributed by atoms with Gasteiger partial charge in [0.15, 0.2) is 0 Å². The molecule has 9 heteroatoms. The molecule has 1 N–H and O–H groups in total. The Bertz CT molecular complexity index is 1070. The number of nitrogens with zero attached hydrogens (tertiary/aromatic N) is 3. The van der Waals surface area contributed by atoms with E-state index in [0.29, 0.717) is 30.8 Å². The molecule has 1 amide bonds. The van der Waals surface area contributed by atoms with E-state index in [-0.39, 0.29) is 12.5 Å². The zero-order chi connectivity index (χ0) is 23.4. The summed E-state index contributed by atoms with van der Waals surface area (Å²) >= 11 is 0. The van der Waals surface area contributed by atoms with Crippen LogP contribution in [0.5, 0.6) is 0 Å². The summed E-state index contributed by atoms with van der Waals surface area (Å²) in [6, 6.07) is 7.90. The minimum atomic E-state index is -3.38. The molecule has 1 aromatic carbocycles. The summed E-state index contributed by atoms with van der Waals surface area (Å²) in [5.41, 5.74) is 1.36. The number of carbonyl (C=O) groups is 1. The number of benzene rings is 1. The summed E-state index contributed by atoms with van der Waals surface area (Å²) in [6.45, 7) is 4.46. The molecule has 182 valence electrons. The number of amides is 1. The summed E-state index contributed by atoms with van der Waals surface area (Å²) < 4.78 is 33.2. The minimum absolute atomic E-state index is 0.0685. The Morgan fingerprint density at radius 3 is 2.79 bits per heavy atom. The Balaban J connectivity index is 1.50. The zero-order valence-electron chi connectivity index (χ0n) is 19.7. The molecule has 2 saturated heterocycles. The number of aromatic nitrogens is 1. The van der Waals surface area contributed by atoms with Crippen LogP contribution in [0, 0.1) is 5.92 Å². The van der Waals surface area contributed by atoms with Gasteiger partial charge in [-0.15, -0.1) is 0 Å². The molecule has 2 aromatic rings. The second-order valence-electron chi connectivity index (χ2n) is 9.39. The number of ether oxygens (including phenoxy) is 1. The zero-order valence-corrected chi connectivity index (χ0v) is 20.5. The van der Waals surface area contributed by atoms with Gasteiger partial charge in [-0.05, 0) is 62.9 Å². The molecule has 2 aliphatic rings. The van der Waals surface area contributed by atoms with Gasteiger partial charge in [-0.1, -0.05) is 12.5 Å². The number of piperidine rings is 2. The van der Waals surface area contributed by atoms with Crippen molar-refractivity contribution in [1.29, 1.82) is 0 Å². The molecule has 2 unspecified atom stereocenters. The first-order chi connectivity index (χ1) is 15.9. The van der Waals surface area contributed by atoms with Gasteiger partial charge in [-0.25, -0.2) is 8.42 Å². The average Bonchev–Trinajstić information content (AvgIpc) is 3.19. The van der Waals surface area contributed by atoms with Crippen molar-refractivity contribution in [2.45, 2.75) is 44.7 Å². The maximum atomic E-state index is 13.4. The van der Waals surface area contributed by atoms with E-state index in [0.717, 1.165) is 23.7 Å². The summed E-state index contributed by atoms with van der Waals surface area (Å²) in [4.78, 5) is 18.0. The predicted molar refractivity (Wildman–Crippen MR) is 131 cm³/mol. The number of rotatable bonds is 9. The Labute approximate surface area is 196 Å². The monoisotopic (exact) mass is 476 g/mol. The van der Waals surface area contributed by atoms with E-state index in [1.54, 1.807) is 19.2 Å². The van der Waals surface area contributed by atoms with Crippen molar-refractivity contribution in [3.8, 4) is 0 Å². The van der Waals surface area contributed by atoms with Crippen LogP contribution in [0.15, 0.2) is 30.5 Å². The lowest BCUT2D eigenvalue weighted by Gasteiger charge is -2.45. The highest BCUT2D eigenvalue weighted by Gasteiger charge is 2.34. The molecule has 33 heavy (non-hydrogen) atoms. The number of carbonyl (C=O) groups excluding carboxylic acids is 1. The molecule has 4 rings (SSSR count). The quantitative estimate of drug-likeness (QED) is 0.602. The summed E-state index contributed by atoms with van der Waals surface area (Å²) in [5, 5.41) is 0.782. The van der Waals surface area contributed by atoms with Crippen LogP contribution in [0.3, 0.4) is 0 Å². The maximum absolute atomic E-state index is 13.4. The van der Waals surface area contributed by atoms with E-state index in [9.17, 15) is 13.2 Å². The van der Waals surface area contributed by atoms with Gasteiger partial charge >= 0.3 is 0 Å². The van der Waals surface area contributed by atoms with E-state index < -0.39 is 10.0 Å². The summed E-state index contributed by atoms with van der Waals surface area (Å²) in [5.74, 6) is 0.575. The van der Waals surface area contributed by atoms with Crippen LogP contribution in [0.4, 0.5) is 5.69 Å². The van der Waals surface area contributed by atoms with E-state index in [1.807, 2.05) is 27.8 Å². The van der Waals surface area contributed by atoms with E-state index in [4.69, 9.17) is 4.74 Å². The fourth-order valence-corrected chi connectivity index (χ4v) is 6.07. The molecule has 0 aliphatic carbocycles. The molecule has 0 spiro atoms. The topological polar surface area (TPSA) is 83.9 Å². The number of methoxy groups -OCH3 is 1. The third-order valence-corrected chi connectivity index (χ3v) is 7.61. The summed E-state index contributed by atoms with van der Waals surface area (Å²) in [6.07, 6.45) is 9.16. The normalized spacial score (nSPS) is 21.6. The number of sulfonamides is 1. The smallest absolute Gasteiger partial charge is 0.242 e. The van der Waals surface area contributed by atoms with E-state index in [1.165, 1.54) is 45.2 Å². The minimum Gasteiger partial charge on any atom is -0.383 e. The van der Waals surface area contributed by atoms with Crippen LogP contribution >= 0.6 is 0 Å². The third kappa shape index (κ3) is 5.88. The number of fused-ring (bicyclic) bond motifs is 2. The van der Waals surface area contributed by atoms with Crippen molar-refractivity contribution >= 4 is 32.5 Å². The van der Waals surface area contributed by atoms with Crippen LogP contribution in [0.25, 0.3) is 10.9 Å². The maximum Gasteiger partial charge on any atom is 0.242 e. The van der Waals surface area contributed by atoms with Crippen LogP contribution in [-0.2, 0) is 26.1 Å². The molecule has 2 atom stereocenters. The highest BCUT2D eigenvalue weighted by Crippen LogP contribution is 2.31. The lowest BCUT2D eigenvalue weighted by atomic mass is 9.83. The molecular weight excluding hydrogens is 440 g/mol. The van der Waals surface area contributed by atoms with Crippen LogP contribution in [0.2, 0.25) is 0 Å². The highest BCUT2D eigenvalue weighted by atomic mass is 32.2. The van der Waals surface area contributed by atoms with Crippen molar-refractivity contribution in [3.63, 3.8) is 0 Å². The van der Waals surface area contributed by atoms with Crippen molar-refractivity contribution in [2.75, 3.05) is 50.9 Å². The van der Waals surface area contributed by atoms with Gasteiger partial charge in [0, 0.05) is 37.8 Å². The second-order valence-corrected chi connectivity index (χ2v) is 11.1. The SMILES string of the molecule is COCCN(CC1CCCN2CCCCC12)C(=O)Cn1ccc2c(NS(C)(=O)=O)cccc21. The third-order valence-electron chi connectivity index (χ3n) is 7.02. The number of hydrogen-bond donors (Lipinski definition) is 1. The fraction of sp³-hybridized carbons (Fsp3) is 0.625. The Kier molecular flexibility index (Phi) is 7.61. The molecule has 0 saturated carbocycles. The van der Waals surface area contributed by atoms with Gasteiger partial charge in [-0.3, -0.25) is 9.52 Å².